The minimum absolute atomic E-state index is 0.155. The maximum atomic E-state index is 13.1. The van der Waals surface area contributed by atoms with Crippen molar-refractivity contribution in [3.8, 4) is 5.75 Å². The highest BCUT2D eigenvalue weighted by atomic mass is 32.1. The van der Waals surface area contributed by atoms with E-state index in [2.05, 4.69) is 21.7 Å². The average molecular weight is 508 g/mol. The van der Waals surface area contributed by atoms with Crippen molar-refractivity contribution < 1.29 is 14.3 Å². The number of fused-ring (bicyclic) bond motifs is 1. The van der Waals surface area contributed by atoms with Crippen molar-refractivity contribution in [3.63, 3.8) is 0 Å². The van der Waals surface area contributed by atoms with Crippen LogP contribution in [0.5, 0.6) is 5.75 Å². The third-order valence-electron chi connectivity index (χ3n) is 5.86. The molecule has 0 bridgehead atoms. The molecule has 0 spiro atoms. The highest BCUT2D eigenvalue weighted by Crippen LogP contribution is 2.25. The summed E-state index contributed by atoms with van der Waals surface area (Å²) in [6.07, 6.45) is 0. The van der Waals surface area contributed by atoms with Gasteiger partial charge in [-0.15, -0.1) is 11.3 Å². The second-order valence-corrected chi connectivity index (χ2v) is 9.32. The fourth-order valence-electron chi connectivity index (χ4n) is 4.06. The molecule has 0 saturated carbocycles. The van der Waals surface area contributed by atoms with Crippen LogP contribution in [0.1, 0.15) is 22.7 Å². The first-order chi connectivity index (χ1) is 18.2. The number of anilines is 1. The lowest BCUT2D eigenvalue weighted by molar-refractivity contribution is -0.124. The summed E-state index contributed by atoms with van der Waals surface area (Å²) in [5.74, 6) is -0.332. The molecule has 1 aromatic heterocycles. The van der Waals surface area contributed by atoms with E-state index >= 15 is 0 Å². The summed E-state index contributed by atoms with van der Waals surface area (Å²) in [6.45, 7) is 0.134. The number of aromatic nitrogens is 1. The number of hydrogen-bond acceptors (Lipinski definition) is 5. The normalized spacial score (nSPS) is 10.8. The van der Waals surface area contributed by atoms with Crippen LogP contribution in [0.2, 0.25) is 0 Å². The molecule has 4 aromatic carbocycles. The van der Waals surface area contributed by atoms with Crippen LogP contribution >= 0.6 is 11.3 Å². The van der Waals surface area contributed by atoms with E-state index in [-0.39, 0.29) is 25.0 Å². The average Bonchev–Trinajstić information content (AvgIpc) is 3.39. The zero-order chi connectivity index (χ0) is 25.5. The summed E-state index contributed by atoms with van der Waals surface area (Å²) in [7, 11) is 0. The van der Waals surface area contributed by atoms with Crippen molar-refractivity contribution in [1.29, 1.82) is 0 Å². The number of hydrogen-bond donors (Lipinski definition) is 2. The van der Waals surface area contributed by atoms with Crippen LogP contribution in [0.15, 0.2) is 109 Å². The molecule has 2 amide bonds. The molecule has 0 atom stereocenters. The Morgan fingerprint density at radius 2 is 1.46 bits per heavy atom. The van der Waals surface area contributed by atoms with E-state index in [9.17, 15) is 9.59 Å². The molecular weight excluding hydrogens is 482 g/mol. The molecule has 0 aliphatic heterocycles. The van der Waals surface area contributed by atoms with Crippen LogP contribution in [-0.4, -0.2) is 23.3 Å². The first kappa shape index (κ1) is 24.2. The Morgan fingerprint density at radius 1 is 0.811 bits per heavy atom. The van der Waals surface area contributed by atoms with E-state index in [1.807, 2.05) is 102 Å². The third-order valence-corrected chi connectivity index (χ3v) is 6.66. The van der Waals surface area contributed by atoms with Crippen LogP contribution in [0.25, 0.3) is 10.8 Å². The van der Waals surface area contributed by atoms with Gasteiger partial charge in [0.05, 0.1) is 18.2 Å². The molecule has 2 N–H and O–H groups in total. The molecule has 37 heavy (non-hydrogen) atoms. The molecule has 0 radical (unpaired) electrons. The minimum atomic E-state index is -0.506. The minimum Gasteiger partial charge on any atom is -0.487 e. The monoisotopic (exact) mass is 507 g/mol. The molecule has 1 heterocycles. The smallest absolute Gasteiger partial charge is 0.245 e. The molecule has 0 aliphatic carbocycles. The largest absolute Gasteiger partial charge is 0.487 e. The van der Waals surface area contributed by atoms with Gasteiger partial charge in [-0.25, -0.2) is 4.98 Å². The van der Waals surface area contributed by atoms with E-state index < -0.39 is 5.92 Å². The molecule has 5 aromatic rings. The van der Waals surface area contributed by atoms with Crippen LogP contribution < -0.4 is 15.4 Å². The van der Waals surface area contributed by atoms with Gasteiger partial charge in [-0.2, -0.15) is 0 Å². The first-order valence-electron chi connectivity index (χ1n) is 11.9. The van der Waals surface area contributed by atoms with Crippen LogP contribution in [-0.2, 0) is 16.2 Å². The fraction of sp³-hybridized carbons (Fsp3) is 0.100. The quantitative estimate of drug-likeness (QED) is 0.266. The molecule has 0 unspecified atom stereocenters. The predicted octanol–water partition coefficient (Wildman–Crippen LogP) is 5.76. The molecule has 6 nitrogen and oxygen atoms in total. The first-order valence-corrected chi connectivity index (χ1v) is 12.8. The summed E-state index contributed by atoms with van der Waals surface area (Å²) < 4.78 is 5.88. The van der Waals surface area contributed by atoms with Crippen LogP contribution in [0.3, 0.4) is 0 Å². The number of benzene rings is 4. The molecule has 184 valence electrons. The molecule has 5 rings (SSSR count). The molecular formula is C30H25N3O3S. The van der Waals surface area contributed by atoms with Crippen LogP contribution in [0, 0.1) is 0 Å². The zero-order valence-corrected chi connectivity index (χ0v) is 20.8. The van der Waals surface area contributed by atoms with Gasteiger partial charge in [-0.1, -0.05) is 91.0 Å². The van der Waals surface area contributed by atoms with Gasteiger partial charge in [-0.3, -0.25) is 9.59 Å². The Morgan fingerprint density at radius 3 is 2.16 bits per heavy atom. The van der Waals surface area contributed by atoms with Crippen molar-refractivity contribution in [2.45, 2.75) is 12.5 Å². The number of nitrogens with one attached hydrogen (secondary N) is 2. The Kier molecular flexibility index (Phi) is 7.52. The SMILES string of the molecule is O=C(CNC(=O)C(c1ccccc1)c1ccccc1)Nc1nc(COc2ccc3ccccc3c2)cs1. The summed E-state index contributed by atoms with van der Waals surface area (Å²) in [5, 5.41) is 10.1. The van der Waals surface area contributed by atoms with Crippen molar-refractivity contribution in [2.75, 3.05) is 11.9 Å². The third kappa shape index (κ3) is 6.20. The molecule has 0 aliphatic rings. The Bertz CT molecular complexity index is 1460. The number of amides is 2. The van der Waals surface area contributed by atoms with Crippen molar-refractivity contribution in [1.82, 2.24) is 10.3 Å². The van der Waals surface area contributed by atoms with Gasteiger partial charge in [0.15, 0.2) is 5.13 Å². The lowest BCUT2D eigenvalue weighted by Gasteiger charge is -2.17. The standard InChI is InChI=1S/C30H25N3O3S/c34-27(18-31-29(35)28(22-10-3-1-4-11-22)23-12-5-2-6-13-23)33-30-32-25(20-37-30)19-36-26-16-15-21-9-7-8-14-24(21)17-26/h1-17,20,28H,18-19H2,(H,31,35)(H,32,33,34). The number of carbonyl (C=O) groups is 2. The number of thiazole rings is 1. The van der Waals surface area contributed by atoms with E-state index in [4.69, 9.17) is 4.74 Å². The van der Waals surface area contributed by atoms with E-state index in [0.29, 0.717) is 10.8 Å². The molecule has 0 fully saturated rings. The number of nitrogens with zero attached hydrogens (tertiary/aromatic N) is 1. The van der Waals surface area contributed by atoms with Crippen molar-refractivity contribution >= 4 is 39.1 Å². The van der Waals surface area contributed by atoms with Gasteiger partial charge in [0.1, 0.15) is 12.4 Å². The summed E-state index contributed by atoms with van der Waals surface area (Å²) in [4.78, 5) is 30.1. The Labute approximate surface area is 219 Å². The molecule has 0 saturated heterocycles. The van der Waals surface area contributed by atoms with E-state index in [0.717, 1.165) is 27.6 Å². The topological polar surface area (TPSA) is 80.3 Å². The van der Waals surface area contributed by atoms with Gasteiger partial charge >= 0.3 is 0 Å². The predicted molar refractivity (Wildman–Crippen MR) is 147 cm³/mol. The van der Waals surface area contributed by atoms with E-state index in [1.165, 1.54) is 11.3 Å². The van der Waals surface area contributed by atoms with Gasteiger partial charge in [0, 0.05) is 5.38 Å². The maximum Gasteiger partial charge on any atom is 0.245 e. The summed E-state index contributed by atoms with van der Waals surface area (Å²) >= 11 is 1.31. The lowest BCUT2D eigenvalue weighted by atomic mass is 9.90. The highest BCUT2D eigenvalue weighted by molar-refractivity contribution is 7.13. The van der Waals surface area contributed by atoms with Gasteiger partial charge in [0.2, 0.25) is 11.8 Å². The lowest BCUT2D eigenvalue weighted by Crippen LogP contribution is -2.36. The summed E-state index contributed by atoms with van der Waals surface area (Å²) in [5.41, 5.74) is 2.44. The van der Waals surface area contributed by atoms with Gasteiger partial charge < -0.3 is 15.4 Å². The fourth-order valence-corrected chi connectivity index (χ4v) is 4.78. The second-order valence-electron chi connectivity index (χ2n) is 8.46. The summed E-state index contributed by atoms with van der Waals surface area (Å²) in [6, 6.07) is 33.1. The Hall–Kier alpha value is -4.49. The number of carbonyl (C=O) groups excluding carboxylic acids is 2. The number of ether oxygens (including phenoxy) is 1. The van der Waals surface area contributed by atoms with Crippen molar-refractivity contribution in [3.05, 3.63) is 125 Å². The maximum absolute atomic E-state index is 13.1. The Balaban J connectivity index is 1.15. The van der Waals surface area contributed by atoms with Crippen molar-refractivity contribution in [2.24, 2.45) is 0 Å². The van der Waals surface area contributed by atoms with E-state index in [1.54, 1.807) is 0 Å². The molecule has 7 heteroatoms. The van der Waals surface area contributed by atoms with Crippen LogP contribution in [0.4, 0.5) is 5.13 Å². The van der Waals surface area contributed by atoms with Gasteiger partial charge in [-0.05, 0) is 34.0 Å². The highest BCUT2D eigenvalue weighted by Gasteiger charge is 2.23. The second kappa shape index (κ2) is 11.5. The number of rotatable bonds is 9. The van der Waals surface area contributed by atoms with Gasteiger partial charge in [0.25, 0.3) is 0 Å². The zero-order valence-electron chi connectivity index (χ0n) is 20.0.